The van der Waals surface area contributed by atoms with E-state index in [2.05, 4.69) is 51.1 Å². The van der Waals surface area contributed by atoms with Crippen molar-refractivity contribution in [2.45, 2.75) is 13.0 Å². The summed E-state index contributed by atoms with van der Waals surface area (Å²) in [5.74, 6) is 3.22. The molecule has 0 unspecified atom stereocenters. The number of fused-ring (bicyclic) bond motifs is 1. The average Bonchev–Trinajstić information content (AvgIpc) is 3.30. The topological polar surface area (TPSA) is 79.1 Å². The molecule has 10 heteroatoms. The summed E-state index contributed by atoms with van der Waals surface area (Å²) >= 11 is 5.68. The number of aromatic nitrogens is 1. The first-order chi connectivity index (χ1) is 20.4. The van der Waals surface area contributed by atoms with Gasteiger partial charge in [0.15, 0.2) is 4.80 Å². The number of benzene rings is 3. The maximum Gasteiger partial charge on any atom is 0.338 e. The van der Waals surface area contributed by atoms with Crippen LogP contribution in [0.15, 0.2) is 82.1 Å². The summed E-state index contributed by atoms with van der Waals surface area (Å²) in [5.41, 5.74) is 2.65. The second-order valence-electron chi connectivity index (χ2n) is 9.00. The minimum absolute atomic E-state index is 0.0967. The molecule has 3 aromatic carbocycles. The SMILES string of the molecule is C#CCOc1c(I)cc(I)cc1/C=c1\sc2n(c1=O)[C@H](c1ccc(OC)cc1)C(C(=O)OCC)=C(c1ccccc1)N=2. The maximum absolute atomic E-state index is 14.2. The number of thiazole rings is 1. The van der Waals surface area contributed by atoms with Gasteiger partial charge in [-0.15, -0.1) is 6.42 Å². The van der Waals surface area contributed by atoms with E-state index >= 15 is 0 Å². The van der Waals surface area contributed by atoms with Crippen LogP contribution in [0.2, 0.25) is 0 Å². The Balaban J connectivity index is 1.82. The van der Waals surface area contributed by atoms with Crippen molar-refractivity contribution in [1.82, 2.24) is 4.57 Å². The number of nitrogens with zero attached hydrogens (tertiary/aromatic N) is 2. The lowest BCUT2D eigenvalue weighted by Gasteiger charge is -2.26. The second kappa shape index (κ2) is 13.3. The van der Waals surface area contributed by atoms with Gasteiger partial charge in [0.1, 0.15) is 18.1 Å². The normalized spacial score (nSPS) is 14.5. The highest BCUT2D eigenvalue weighted by Gasteiger charge is 2.35. The molecule has 0 radical (unpaired) electrons. The lowest BCUT2D eigenvalue weighted by atomic mass is 9.93. The Morgan fingerprint density at radius 3 is 2.55 bits per heavy atom. The van der Waals surface area contributed by atoms with E-state index in [1.54, 1.807) is 36.8 Å². The number of methoxy groups -OCH3 is 1. The fourth-order valence-corrected chi connectivity index (χ4v) is 7.67. The highest BCUT2D eigenvalue weighted by atomic mass is 127. The smallest absolute Gasteiger partial charge is 0.338 e. The summed E-state index contributed by atoms with van der Waals surface area (Å²) in [5, 5.41) is 0. The summed E-state index contributed by atoms with van der Waals surface area (Å²) in [6, 6.07) is 19.9. The molecule has 2 heterocycles. The van der Waals surface area contributed by atoms with E-state index in [-0.39, 0.29) is 24.3 Å². The maximum atomic E-state index is 14.2. The molecule has 7 nitrogen and oxygen atoms in total. The first-order valence-corrected chi connectivity index (χ1v) is 15.8. The van der Waals surface area contributed by atoms with Crippen molar-refractivity contribution in [2.24, 2.45) is 4.99 Å². The van der Waals surface area contributed by atoms with Crippen molar-refractivity contribution >= 4 is 74.3 Å². The summed E-state index contributed by atoms with van der Waals surface area (Å²) in [7, 11) is 1.59. The zero-order chi connectivity index (χ0) is 29.8. The number of esters is 1. The predicted octanol–water partition coefficient (Wildman–Crippen LogP) is 5.17. The first kappa shape index (κ1) is 30.1. The number of carbonyl (C=O) groups excluding carboxylic acids is 1. The van der Waals surface area contributed by atoms with Gasteiger partial charge < -0.3 is 14.2 Å². The lowest BCUT2D eigenvalue weighted by molar-refractivity contribution is -0.138. The van der Waals surface area contributed by atoms with E-state index < -0.39 is 12.0 Å². The van der Waals surface area contributed by atoms with Gasteiger partial charge in [0, 0.05) is 14.7 Å². The number of halogens is 2. The number of ether oxygens (including phenoxy) is 3. The summed E-state index contributed by atoms with van der Waals surface area (Å²) in [6.45, 7) is 2.02. The predicted molar refractivity (Wildman–Crippen MR) is 180 cm³/mol. The fourth-order valence-electron chi connectivity index (χ4n) is 4.64. The van der Waals surface area contributed by atoms with Crippen molar-refractivity contribution < 1.29 is 19.0 Å². The molecule has 0 fully saturated rings. The molecule has 5 rings (SSSR count). The molecule has 0 amide bonds. The van der Waals surface area contributed by atoms with Gasteiger partial charge in [0.2, 0.25) is 0 Å². The van der Waals surface area contributed by atoms with Crippen LogP contribution in [0.3, 0.4) is 0 Å². The monoisotopic (exact) mass is 802 g/mol. The highest BCUT2D eigenvalue weighted by molar-refractivity contribution is 14.1. The van der Waals surface area contributed by atoms with Gasteiger partial charge in [-0.3, -0.25) is 9.36 Å². The van der Waals surface area contributed by atoms with Crippen LogP contribution in [-0.4, -0.2) is 30.9 Å². The Kier molecular flexibility index (Phi) is 9.50. The quantitative estimate of drug-likeness (QED) is 0.140. The third-order valence-electron chi connectivity index (χ3n) is 6.43. The molecule has 0 saturated carbocycles. The molecule has 1 aromatic heterocycles. The van der Waals surface area contributed by atoms with E-state index in [1.807, 2.05) is 54.6 Å². The number of carbonyl (C=O) groups is 1. The molecule has 42 heavy (non-hydrogen) atoms. The van der Waals surface area contributed by atoms with Crippen LogP contribution < -0.4 is 24.4 Å². The van der Waals surface area contributed by atoms with Crippen molar-refractivity contribution in [3.63, 3.8) is 0 Å². The minimum atomic E-state index is -0.781. The van der Waals surface area contributed by atoms with E-state index in [1.165, 1.54) is 11.3 Å². The van der Waals surface area contributed by atoms with Gasteiger partial charge in [-0.2, -0.15) is 0 Å². The number of rotatable bonds is 8. The van der Waals surface area contributed by atoms with Crippen molar-refractivity contribution in [2.75, 3.05) is 20.3 Å². The van der Waals surface area contributed by atoms with Crippen molar-refractivity contribution in [3.8, 4) is 23.8 Å². The molecular weight excluding hydrogens is 778 g/mol. The molecule has 0 aliphatic carbocycles. The van der Waals surface area contributed by atoms with Crippen LogP contribution in [0.5, 0.6) is 11.5 Å². The molecule has 0 N–H and O–H groups in total. The van der Waals surface area contributed by atoms with Gasteiger partial charge in [0.25, 0.3) is 5.56 Å². The number of hydrogen-bond donors (Lipinski definition) is 0. The lowest BCUT2D eigenvalue weighted by Crippen LogP contribution is -2.40. The van der Waals surface area contributed by atoms with Gasteiger partial charge in [-0.05, 0) is 88.0 Å². The fraction of sp³-hybridized carbons (Fsp3) is 0.156. The first-order valence-electron chi connectivity index (χ1n) is 12.8. The van der Waals surface area contributed by atoms with Gasteiger partial charge in [-0.25, -0.2) is 9.79 Å². The third kappa shape index (κ3) is 6.04. The van der Waals surface area contributed by atoms with Gasteiger partial charge in [-0.1, -0.05) is 59.7 Å². The van der Waals surface area contributed by atoms with Crippen molar-refractivity contribution in [3.05, 3.63) is 116 Å². The van der Waals surface area contributed by atoms with E-state index in [9.17, 15) is 9.59 Å². The highest BCUT2D eigenvalue weighted by Crippen LogP contribution is 2.36. The van der Waals surface area contributed by atoms with Crippen LogP contribution in [0.25, 0.3) is 11.8 Å². The van der Waals surface area contributed by atoms with Gasteiger partial charge in [0.05, 0.1) is 39.1 Å². The minimum Gasteiger partial charge on any atom is -0.497 e. The third-order valence-corrected chi connectivity index (χ3v) is 8.84. The molecule has 0 saturated heterocycles. The molecule has 1 aliphatic rings. The summed E-state index contributed by atoms with van der Waals surface area (Å²) in [6.07, 6.45) is 7.25. The molecule has 1 aliphatic heterocycles. The average molecular weight is 802 g/mol. The van der Waals surface area contributed by atoms with Crippen LogP contribution in [0.4, 0.5) is 0 Å². The zero-order valence-corrected chi connectivity index (χ0v) is 27.7. The van der Waals surface area contributed by atoms with E-state index in [0.29, 0.717) is 26.5 Å². The Hall–Kier alpha value is -3.41. The molecule has 4 aromatic rings. The number of terminal acetylenes is 1. The Morgan fingerprint density at radius 1 is 1.14 bits per heavy atom. The Bertz CT molecular complexity index is 1910. The second-order valence-corrected chi connectivity index (χ2v) is 12.4. The summed E-state index contributed by atoms with van der Waals surface area (Å²) < 4.78 is 20.6. The van der Waals surface area contributed by atoms with E-state index in [0.717, 1.165) is 23.8 Å². The number of hydrogen-bond acceptors (Lipinski definition) is 7. The standard InChI is InChI=1S/C32H24I2N2O5S/c1-4-15-41-29-21(16-22(33)18-24(29)34)17-25-30(37)36-28(20-11-13-23(39-3)14-12-20)26(31(38)40-5-2)27(35-32(36)42-25)19-9-7-6-8-10-19/h1,6-14,16-18,28H,5,15H2,2-3H3/b25-17-/t28-/m1/s1. The van der Waals surface area contributed by atoms with Crippen LogP contribution in [0, 0.1) is 19.5 Å². The van der Waals surface area contributed by atoms with Crippen molar-refractivity contribution in [1.29, 1.82) is 0 Å². The molecule has 1 atom stereocenters. The Labute approximate surface area is 273 Å². The largest absolute Gasteiger partial charge is 0.497 e. The molecule has 0 spiro atoms. The molecular formula is C32H24I2N2O5S. The van der Waals surface area contributed by atoms with E-state index in [4.69, 9.17) is 25.6 Å². The summed E-state index contributed by atoms with van der Waals surface area (Å²) in [4.78, 5) is 33.2. The van der Waals surface area contributed by atoms with Crippen LogP contribution >= 0.6 is 56.5 Å². The van der Waals surface area contributed by atoms with Crippen LogP contribution in [-0.2, 0) is 9.53 Å². The molecule has 212 valence electrons. The molecule has 0 bridgehead atoms. The zero-order valence-electron chi connectivity index (χ0n) is 22.6. The van der Waals surface area contributed by atoms with Gasteiger partial charge >= 0.3 is 5.97 Å². The van der Waals surface area contributed by atoms with Crippen LogP contribution in [0.1, 0.15) is 29.7 Å². The Morgan fingerprint density at radius 2 is 1.88 bits per heavy atom.